The molecule has 0 unspecified atom stereocenters. The van der Waals surface area contributed by atoms with Gasteiger partial charge in [-0.05, 0) is 51.3 Å². The molecule has 1 aromatic rings. The smallest absolute Gasteiger partial charge is 0.327 e. The van der Waals surface area contributed by atoms with E-state index in [1.807, 2.05) is 32.0 Å². The zero-order valence-electron chi connectivity index (χ0n) is 16.2. The molecule has 0 radical (unpaired) electrons. The largest absolute Gasteiger partial charge is 0.451 e. The summed E-state index contributed by atoms with van der Waals surface area (Å²) in [7, 11) is 0. The summed E-state index contributed by atoms with van der Waals surface area (Å²) in [5.41, 5.74) is 1.47. The molecule has 1 aliphatic heterocycles. The topological polar surface area (TPSA) is 105 Å². The molecule has 0 saturated carbocycles. The maximum absolute atomic E-state index is 12.3. The molecule has 1 saturated heterocycles. The Morgan fingerprint density at radius 3 is 2.56 bits per heavy atom. The van der Waals surface area contributed by atoms with Gasteiger partial charge in [-0.3, -0.25) is 19.3 Å². The van der Waals surface area contributed by atoms with Gasteiger partial charge in [0.2, 0.25) is 0 Å². The molecule has 2 atom stereocenters. The van der Waals surface area contributed by atoms with Gasteiger partial charge < -0.3 is 15.4 Å². The third-order valence-corrected chi connectivity index (χ3v) is 4.67. The predicted molar refractivity (Wildman–Crippen MR) is 99.0 cm³/mol. The molecule has 1 aromatic carbocycles. The Balaban J connectivity index is 1.95. The molecular weight excluding hydrogens is 350 g/mol. The van der Waals surface area contributed by atoms with E-state index in [2.05, 4.69) is 10.6 Å². The van der Waals surface area contributed by atoms with Crippen molar-refractivity contribution in [2.24, 2.45) is 0 Å². The van der Waals surface area contributed by atoms with E-state index in [-0.39, 0.29) is 0 Å². The highest BCUT2D eigenvalue weighted by Gasteiger charge is 2.47. The average Bonchev–Trinajstić information content (AvgIpc) is 2.81. The van der Waals surface area contributed by atoms with Crippen LogP contribution in [0.3, 0.4) is 0 Å². The highest BCUT2D eigenvalue weighted by Crippen LogP contribution is 2.21. The van der Waals surface area contributed by atoms with Crippen LogP contribution in [-0.2, 0) is 19.1 Å². The number of urea groups is 1. The van der Waals surface area contributed by atoms with E-state index >= 15 is 0 Å². The molecule has 1 fully saturated rings. The first-order valence-electron chi connectivity index (χ1n) is 8.79. The van der Waals surface area contributed by atoms with Crippen LogP contribution in [0.1, 0.15) is 38.3 Å². The standard InChI is InChI=1S/C19H25N3O5/c1-6-19(5)17(25)22(18(26)21-19)10-15(23)27-13(4)16(24)20-14-9-11(2)7-8-12(14)3/h7-9,13H,6,10H2,1-5H3,(H,20,24)(H,21,26)/t13-,19+/m1/s1. The van der Waals surface area contributed by atoms with Crippen LogP contribution in [0.25, 0.3) is 0 Å². The zero-order chi connectivity index (χ0) is 20.4. The van der Waals surface area contributed by atoms with E-state index < -0.39 is 42.0 Å². The maximum atomic E-state index is 12.3. The fourth-order valence-electron chi connectivity index (χ4n) is 2.65. The molecule has 8 nitrogen and oxygen atoms in total. The van der Waals surface area contributed by atoms with E-state index in [1.165, 1.54) is 6.92 Å². The van der Waals surface area contributed by atoms with Gasteiger partial charge >= 0.3 is 12.0 Å². The summed E-state index contributed by atoms with van der Waals surface area (Å²) in [6.45, 7) is 8.01. The number of rotatable bonds is 6. The Morgan fingerprint density at radius 2 is 1.96 bits per heavy atom. The Kier molecular flexibility index (Phi) is 5.88. The summed E-state index contributed by atoms with van der Waals surface area (Å²) < 4.78 is 5.09. The molecule has 1 heterocycles. The normalized spacial score (nSPS) is 20.3. The van der Waals surface area contributed by atoms with Crippen molar-refractivity contribution in [3.05, 3.63) is 29.3 Å². The van der Waals surface area contributed by atoms with Gasteiger partial charge in [-0.2, -0.15) is 0 Å². The summed E-state index contributed by atoms with van der Waals surface area (Å²) in [4.78, 5) is 49.4. The first kappa shape index (κ1) is 20.4. The zero-order valence-corrected chi connectivity index (χ0v) is 16.2. The van der Waals surface area contributed by atoms with Crippen LogP contribution in [0.2, 0.25) is 0 Å². The number of anilines is 1. The van der Waals surface area contributed by atoms with Crippen molar-refractivity contribution in [1.29, 1.82) is 0 Å². The van der Waals surface area contributed by atoms with Crippen molar-refractivity contribution in [3.8, 4) is 0 Å². The van der Waals surface area contributed by atoms with Crippen LogP contribution in [0.5, 0.6) is 0 Å². The number of nitrogens with one attached hydrogen (secondary N) is 2. The minimum atomic E-state index is -1.07. The van der Waals surface area contributed by atoms with Crippen LogP contribution in [0.15, 0.2) is 18.2 Å². The van der Waals surface area contributed by atoms with Gasteiger partial charge in [0.1, 0.15) is 12.1 Å². The van der Waals surface area contributed by atoms with E-state index in [9.17, 15) is 19.2 Å². The lowest BCUT2D eigenvalue weighted by molar-refractivity contribution is -0.155. The van der Waals surface area contributed by atoms with Crippen molar-refractivity contribution in [1.82, 2.24) is 10.2 Å². The van der Waals surface area contributed by atoms with Crippen LogP contribution >= 0.6 is 0 Å². The number of benzene rings is 1. The first-order chi connectivity index (χ1) is 12.6. The Labute approximate surface area is 158 Å². The number of nitrogens with zero attached hydrogens (tertiary/aromatic N) is 1. The fourth-order valence-corrected chi connectivity index (χ4v) is 2.65. The van der Waals surface area contributed by atoms with Crippen molar-refractivity contribution < 1.29 is 23.9 Å². The molecule has 0 aromatic heterocycles. The van der Waals surface area contributed by atoms with E-state index in [4.69, 9.17) is 4.74 Å². The third-order valence-electron chi connectivity index (χ3n) is 4.67. The number of hydrogen-bond acceptors (Lipinski definition) is 5. The number of amides is 4. The molecule has 0 spiro atoms. The number of hydrogen-bond donors (Lipinski definition) is 2. The highest BCUT2D eigenvalue weighted by atomic mass is 16.5. The Bertz CT molecular complexity index is 792. The van der Waals surface area contributed by atoms with Crippen molar-refractivity contribution in [2.75, 3.05) is 11.9 Å². The lowest BCUT2D eigenvalue weighted by Gasteiger charge is -2.19. The number of carbonyl (C=O) groups is 4. The number of aryl methyl sites for hydroxylation is 2. The summed E-state index contributed by atoms with van der Waals surface area (Å²) in [6.07, 6.45) is -0.673. The molecule has 0 bridgehead atoms. The lowest BCUT2D eigenvalue weighted by Crippen LogP contribution is -2.44. The SMILES string of the molecule is CC[C@]1(C)NC(=O)N(CC(=O)O[C@H](C)C(=O)Nc2cc(C)ccc2C)C1=O. The predicted octanol–water partition coefficient (Wildman–Crippen LogP) is 1.89. The molecule has 2 rings (SSSR count). The molecule has 146 valence electrons. The molecule has 1 aliphatic rings. The lowest BCUT2D eigenvalue weighted by atomic mass is 9.99. The third kappa shape index (κ3) is 4.45. The van der Waals surface area contributed by atoms with E-state index in [0.717, 1.165) is 16.0 Å². The van der Waals surface area contributed by atoms with Crippen molar-refractivity contribution >= 4 is 29.5 Å². The maximum Gasteiger partial charge on any atom is 0.327 e. The Morgan fingerprint density at radius 1 is 1.30 bits per heavy atom. The van der Waals surface area contributed by atoms with Crippen molar-refractivity contribution in [3.63, 3.8) is 0 Å². The number of carbonyl (C=O) groups excluding carboxylic acids is 4. The summed E-state index contributed by atoms with van der Waals surface area (Å²) >= 11 is 0. The van der Waals surface area contributed by atoms with Crippen molar-refractivity contribution in [2.45, 2.75) is 52.7 Å². The fraction of sp³-hybridized carbons (Fsp3) is 0.474. The van der Waals surface area contributed by atoms with E-state index in [0.29, 0.717) is 12.1 Å². The number of esters is 1. The van der Waals surface area contributed by atoms with Gasteiger partial charge in [0, 0.05) is 5.69 Å². The second-order valence-electron chi connectivity index (χ2n) is 6.95. The summed E-state index contributed by atoms with van der Waals surface area (Å²) in [6, 6.07) is 4.98. The van der Waals surface area contributed by atoms with E-state index in [1.54, 1.807) is 13.8 Å². The second-order valence-corrected chi connectivity index (χ2v) is 6.95. The van der Waals surface area contributed by atoms with Gasteiger partial charge in [-0.25, -0.2) is 4.79 Å². The molecule has 27 heavy (non-hydrogen) atoms. The summed E-state index contributed by atoms with van der Waals surface area (Å²) in [5, 5.41) is 5.27. The minimum Gasteiger partial charge on any atom is -0.451 e. The monoisotopic (exact) mass is 375 g/mol. The quantitative estimate of drug-likeness (QED) is 0.584. The van der Waals surface area contributed by atoms with Crippen LogP contribution < -0.4 is 10.6 Å². The summed E-state index contributed by atoms with van der Waals surface area (Å²) in [5.74, 6) is -1.81. The number of imide groups is 1. The van der Waals surface area contributed by atoms with Gasteiger partial charge in [0.05, 0.1) is 0 Å². The molecular formula is C19H25N3O5. The Hall–Kier alpha value is -2.90. The molecule has 4 amide bonds. The minimum absolute atomic E-state index is 0.401. The van der Waals surface area contributed by atoms with Gasteiger partial charge in [0.25, 0.3) is 11.8 Å². The molecule has 2 N–H and O–H groups in total. The number of ether oxygens (including phenoxy) is 1. The average molecular weight is 375 g/mol. The second kappa shape index (κ2) is 7.77. The first-order valence-corrected chi connectivity index (χ1v) is 8.79. The van der Waals surface area contributed by atoms with Crippen LogP contribution in [0.4, 0.5) is 10.5 Å². The molecule has 8 heteroatoms. The van der Waals surface area contributed by atoms with Gasteiger partial charge in [0.15, 0.2) is 6.10 Å². The van der Waals surface area contributed by atoms with Crippen LogP contribution in [-0.4, -0.2) is 46.9 Å². The van der Waals surface area contributed by atoms with Gasteiger partial charge in [-0.1, -0.05) is 19.1 Å². The molecule has 0 aliphatic carbocycles. The highest BCUT2D eigenvalue weighted by molar-refractivity contribution is 6.08. The van der Waals surface area contributed by atoms with Crippen LogP contribution in [0, 0.1) is 13.8 Å². The van der Waals surface area contributed by atoms with Gasteiger partial charge in [-0.15, -0.1) is 0 Å².